The third-order valence-electron chi connectivity index (χ3n) is 1.02. The van der Waals surface area contributed by atoms with Crippen LogP contribution in [0.5, 0.6) is 0 Å². The summed E-state index contributed by atoms with van der Waals surface area (Å²) < 4.78 is 4.55. The summed E-state index contributed by atoms with van der Waals surface area (Å²) in [5.74, 6) is -1.89. The largest absolute Gasteiger partial charge is 0.477 e. The van der Waals surface area contributed by atoms with Crippen molar-refractivity contribution in [3.05, 3.63) is 10.8 Å². The number of carbonyl (C=O) groups is 2. The van der Waals surface area contributed by atoms with E-state index in [1.807, 2.05) is 0 Å². The molecule has 0 aromatic rings. The van der Waals surface area contributed by atoms with Crippen LogP contribution in [0.3, 0.4) is 0 Å². The Kier molecular flexibility index (Phi) is 4.36. The zero-order valence-electron chi connectivity index (χ0n) is 6.76. The van der Waals surface area contributed by atoms with Gasteiger partial charge in [0.05, 0.1) is 0 Å². The molecular formula is C7H9ClO4. The highest BCUT2D eigenvalue weighted by atomic mass is 35.5. The molecule has 0 saturated carbocycles. The first-order chi connectivity index (χ1) is 5.49. The van der Waals surface area contributed by atoms with E-state index >= 15 is 0 Å². The van der Waals surface area contributed by atoms with Crippen LogP contribution in [0.4, 0.5) is 0 Å². The Labute approximate surface area is 74.8 Å². The summed E-state index contributed by atoms with van der Waals surface area (Å²) in [7, 11) is 0. The van der Waals surface area contributed by atoms with Crippen molar-refractivity contribution in [2.45, 2.75) is 20.3 Å². The quantitative estimate of drug-likeness (QED) is 0.418. The van der Waals surface area contributed by atoms with Crippen LogP contribution in [0.2, 0.25) is 0 Å². The molecule has 1 N–H and O–H groups in total. The van der Waals surface area contributed by atoms with E-state index in [1.165, 1.54) is 6.92 Å². The summed E-state index contributed by atoms with van der Waals surface area (Å²) in [6, 6.07) is 0. The Balaban J connectivity index is 4.61. The summed E-state index contributed by atoms with van der Waals surface area (Å²) in [5.41, 5.74) is 0. The second kappa shape index (κ2) is 4.77. The molecule has 0 fully saturated rings. The van der Waals surface area contributed by atoms with E-state index in [9.17, 15) is 9.59 Å². The highest BCUT2D eigenvalue weighted by molar-refractivity contribution is 6.41. The molecule has 0 rings (SSSR count). The molecule has 0 saturated heterocycles. The van der Waals surface area contributed by atoms with Gasteiger partial charge in [0, 0.05) is 13.3 Å². The van der Waals surface area contributed by atoms with E-state index in [0.717, 1.165) is 0 Å². The van der Waals surface area contributed by atoms with Crippen LogP contribution in [-0.4, -0.2) is 17.0 Å². The van der Waals surface area contributed by atoms with Crippen molar-refractivity contribution in [2.24, 2.45) is 0 Å². The van der Waals surface area contributed by atoms with Gasteiger partial charge in [-0.1, -0.05) is 18.5 Å². The maximum atomic E-state index is 10.4. The standard InChI is InChI=1S/C7H9ClO4/c1-3-5(12-4(2)9)6(8)7(10)11/h3H2,1-2H3,(H,10,11)/b6-5-. The van der Waals surface area contributed by atoms with Crippen LogP contribution >= 0.6 is 11.6 Å². The van der Waals surface area contributed by atoms with Gasteiger partial charge in [-0.05, 0) is 0 Å². The van der Waals surface area contributed by atoms with Crippen molar-refractivity contribution in [1.29, 1.82) is 0 Å². The number of carbonyl (C=O) groups excluding carboxylic acids is 1. The molecule has 0 spiro atoms. The van der Waals surface area contributed by atoms with Gasteiger partial charge in [-0.15, -0.1) is 0 Å². The minimum atomic E-state index is -1.30. The lowest BCUT2D eigenvalue weighted by Gasteiger charge is -2.04. The van der Waals surface area contributed by atoms with Crippen LogP contribution in [0, 0.1) is 0 Å². The lowest BCUT2D eigenvalue weighted by Crippen LogP contribution is -2.05. The molecule has 68 valence electrons. The maximum Gasteiger partial charge on any atom is 0.350 e. The first kappa shape index (κ1) is 11.0. The highest BCUT2D eigenvalue weighted by Gasteiger charge is 2.12. The van der Waals surface area contributed by atoms with E-state index in [-0.39, 0.29) is 12.2 Å². The fourth-order valence-electron chi connectivity index (χ4n) is 0.565. The predicted octanol–water partition coefficient (Wildman–Crippen LogP) is 1.49. The molecule has 0 amide bonds. The predicted molar refractivity (Wildman–Crippen MR) is 42.6 cm³/mol. The second-order valence-corrected chi connectivity index (χ2v) is 2.37. The van der Waals surface area contributed by atoms with Crippen LogP contribution in [0.1, 0.15) is 20.3 Å². The molecular weight excluding hydrogens is 184 g/mol. The number of allylic oxidation sites excluding steroid dienone is 1. The SMILES string of the molecule is CC/C(OC(C)=O)=C(/Cl)C(=O)O. The summed E-state index contributed by atoms with van der Waals surface area (Å²) >= 11 is 5.33. The first-order valence-corrected chi connectivity index (χ1v) is 3.67. The minimum Gasteiger partial charge on any atom is -0.477 e. The minimum absolute atomic E-state index is 0.0170. The Morgan fingerprint density at radius 3 is 2.25 bits per heavy atom. The Bertz CT molecular complexity index is 232. The van der Waals surface area contributed by atoms with E-state index < -0.39 is 17.0 Å². The number of hydrogen-bond acceptors (Lipinski definition) is 3. The molecule has 0 aliphatic heterocycles. The average molecular weight is 193 g/mol. The molecule has 0 aliphatic rings. The van der Waals surface area contributed by atoms with E-state index in [1.54, 1.807) is 6.92 Å². The van der Waals surface area contributed by atoms with Gasteiger partial charge in [-0.25, -0.2) is 4.79 Å². The molecule has 0 radical (unpaired) electrons. The molecule has 0 unspecified atom stereocenters. The van der Waals surface area contributed by atoms with Gasteiger partial charge in [0.1, 0.15) is 5.76 Å². The summed E-state index contributed by atoms with van der Waals surface area (Å²) in [6.45, 7) is 2.82. The van der Waals surface area contributed by atoms with Gasteiger partial charge in [0.15, 0.2) is 5.03 Å². The lowest BCUT2D eigenvalue weighted by atomic mass is 10.3. The van der Waals surface area contributed by atoms with Crippen molar-refractivity contribution in [3.63, 3.8) is 0 Å². The maximum absolute atomic E-state index is 10.4. The number of esters is 1. The van der Waals surface area contributed by atoms with Gasteiger partial charge in [0.25, 0.3) is 0 Å². The van der Waals surface area contributed by atoms with Crippen molar-refractivity contribution in [1.82, 2.24) is 0 Å². The van der Waals surface area contributed by atoms with E-state index in [4.69, 9.17) is 16.7 Å². The Hall–Kier alpha value is -1.03. The van der Waals surface area contributed by atoms with Gasteiger partial charge in [0.2, 0.25) is 0 Å². The molecule has 0 aromatic heterocycles. The highest BCUT2D eigenvalue weighted by Crippen LogP contribution is 2.14. The van der Waals surface area contributed by atoms with E-state index in [2.05, 4.69) is 4.74 Å². The second-order valence-electron chi connectivity index (χ2n) is 1.99. The summed E-state index contributed by atoms with van der Waals surface area (Å²) in [4.78, 5) is 20.7. The number of rotatable bonds is 3. The van der Waals surface area contributed by atoms with Crippen LogP contribution in [0.25, 0.3) is 0 Å². The van der Waals surface area contributed by atoms with E-state index in [0.29, 0.717) is 0 Å². The van der Waals surface area contributed by atoms with Crippen LogP contribution in [-0.2, 0) is 14.3 Å². The van der Waals surface area contributed by atoms with Crippen molar-refractivity contribution in [3.8, 4) is 0 Å². The summed E-state index contributed by atoms with van der Waals surface area (Å²) in [5, 5.41) is 7.96. The van der Waals surface area contributed by atoms with Gasteiger partial charge in [-0.2, -0.15) is 0 Å². The number of carboxylic acid groups (broad SMARTS) is 1. The molecule has 0 atom stereocenters. The van der Waals surface area contributed by atoms with Crippen LogP contribution < -0.4 is 0 Å². The van der Waals surface area contributed by atoms with Crippen LogP contribution in [0.15, 0.2) is 10.8 Å². The monoisotopic (exact) mass is 192 g/mol. The average Bonchev–Trinajstić information content (AvgIpc) is 1.98. The number of carboxylic acids is 1. The van der Waals surface area contributed by atoms with Crippen molar-refractivity contribution in [2.75, 3.05) is 0 Å². The molecule has 0 bridgehead atoms. The topological polar surface area (TPSA) is 63.6 Å². The zero-order chi connectivity index (χ0) is 9.72. The first-order valence-electron chi connectivity index (χ1n) is 3.29. The number of ether oxygens (including phenoxy) is 1. The fourth-order valence-corrected chi connectivity index (χ4v) is 0.737. The molecule has 12 heavy (non-hydrogen) atoms. The Morgan fingerprint density at radius 2 is 2.00 bits per heavy atom. The molecule has 5 heteroatoms. The van der Waals surface area contributed by atoms with Crippen molar-refractivity contribution >= 4 is 23.5 Å². The number of aliphatic carboxylic acids is 1. The van der Waals surface area contributed by atoms with Gasteiger partial charge in [-0.3, -0.25) is 4.79 Å². The van der Waals surface area contributed by atoms with Gasteiger partial charge < -0.3 is 9.84 Å². The Morgan fingerprint density at radius 1 is 1.50 bits per heavy atom. The molecule has 0 aromatic carbocycles. The number of halogens is 1. The smallest absolute Gasteiger partial charge is 0.350 e. The molecule has 4 nitrogen and oxygen atoms in total. The third-order valence-corrected chi connectivity index (χ3v) is 1.39. The lowest BCUT2D eigenvalue weighted by molar-refractivity contribution is -0.137. The number of hydrogen-bond donors (Lipinski definition) is 1. The molecule has 0 aliphatic carbocycles. The summed E-state index contributed by atoms with van der Waals surface area (Å²) in [6.07, 6.45) is 0.269. The van der Waals surface area contributed by atoms with Crippen molar-refractivity contribution < 1.29 is 19.4 Å². The van der Waals surface area contributed by atoms with Gasteiger partial charge >= 0.3 is 11.9 Å². The molecule has 0 heterocycles. The normalized spacial score (nSPS) is 11.9. The zero-order valence-corrected chi connectivity index (χ0v) is 7.51. The fraction of sp³-hybridized carbons (Fsp3) is 0.429. The third kappa shape index (κ3) is 3.39.